The van der Waals surface area contributed by atoms with Crippen molar-refractivity contribution in [2.75, 3.05) is 12.4 Å². The predicted octanol–water partition coefficient (Wildman–Crippen LogP) is 4.75. The number of alkyl halides is 3. The number of anilines is 1. The Morgan fingerprint density at radius 3 is 2.52 bits per heavy atom. The molecule has 9 heteroatoms. The van der Waals surface area contributed by atoms with Gasteiger partial charge in [-0.1, -0.05) is 27.5 Å². The molecule has 1 heterocycles. The number of benzene rings is 1. The second-order valence-corrected chi connectivity index (χ2v) is 5.16. The Morgan fingerprint density at radius 1 is 1.24 bits per heavy atom. The van der Waals surface area contributed by atoms with E-state index in [1.54, 1.807) is 12.1 Å². The van der Waals surface area contributed by atoms with Crippen molar-refractivity contribution in [3.05, 3.63) is 39.6 Å². The SMILES string of the molecule is CNc1cc(Oc2ccc(Br)cc2Cl)nc(C(F)(F)F)n1. The van der Waals surface area contributed by atoms with Gasteiger partial charge in [0, 0.05) is 17.6 Å². The average Bonchev–Trinajstić information content (AvgIpc) is 2.40. The average molecular weight is 383 g/mol. The van der Waals surface area contributed by atoms with E-state index in [4.69, 9.17) is 16.3 Å². The van der Waals surface area contributed by atoms with Crippen LogP contribution in [0.3, 0.4) is 0 Å². The molecule has 0 fully saturated rings. The van der Waals surface area contributed by atoms with Gasteiger partial charge in [0.2, 0.25) is 11.7 Å². The lowest BCUT2D eigenvalue weighted by Crippen LogP contribution is -2.12. The minimum atomic E-state index is -4.67. The molecule has 0 unspecified atom stereocenters. The molecule has 0 bridgehead atoms. The lowest BCUT2D eigenvalue weighted by molar-refractivity contribution is -0.145. The van der Waals surface area contributed by atoms with Crippen LogP contribution in [0.15, 0.2) is 28.7 Å². The molecule has 112 valence electrons. The molecule has 21 heavy (non-hydrogen) atoms. The largest absolute Gasteiger partial charge is 0.451 e. The van der Waals surface area contributed by atoms with Gasteiger partial charge in [-0.15, -0.1) is 0 Å². The normalized spacial score (nSPS) is 11.3. The van der Waals surface area contributed by atoms with Crippen LogP contribution in [0.2, 0.25) is 5.02 Å². The number of rotatable bonds is 3. The summed E-state index contributed by atoms with van der Waals surface area (Å²) >= 11 is 9.16. The van der Waals surface area contributed by atoms with E-state index in [1.165, 1.54) is 19.2 Å². The second kappa shape index (κ2) is 6.07. The van der Waals surface area contributed by atoms with Gasteiger partial charge in [-0.05, 0) is 18.2 Å². The Bertz CT molecular complexity index is 667. The minimum absolute atomic E-state index is 0.0134. The van der Waals surface area contributed by atoms with E-state index in [-0.39, 0.29) is 22.5 Å². The predicted molar refractivity (Wildman–Crippen MR) is 75.8 cm³/mol. The number of halogens is 5. The van der Waals surface area contributed by atoms with Crippen LogP contribution in [0.25, 0.3) is 0 Å². The van der Waals surface area contributed by atoms with Gasteiger partial charge in [-0.2, -0.15) is 18.2 Å². The summed E-state index contributed by atoms with van der Waals surface area (Å²) in [7, 11) is 1.44. The van der Waals surface area contributed by atoms with Gasteiger partial charge < -0.3 is 10.1 Å². The van der Waals surface area contributed by atoms with Crippen LogP contribution in [-0.4, -0.2) is 17.0 Å². The number of hydrogen-bond donors (Lipinski definition) is 1. The van der Waals surface area contributed by atoms with Crippen molar-refractivity contribution in [2.24, 2.45) is 0 Å². The molecule has 1 N–H and O–H groups in total. The number of nitrogens with zero attached hydrogens (tertiary/aromatic N) is 2. The first-order valence-corrected chi connectivity index (χ1v) is 6.73. The van der Waals surface area contributed by atoms with Crippen LogP contribution in [0, 0.1) is 0 Å². The van der Waals surface area contributed by atoms with E-state index in [1.807, 2.05) is 0 Å². The molecule has 0 aliphatic heterocycles. The van der Waals surface area contributed by atoms with Gasteiger partial charge in [0.25, 0.3) is 0 Å². The van der Waals surface area contributed by atoms with E-state index in [2.05, 4.69) is 31.2 Å². The van der Waals surface area contributed by atoms with Crippen LogP contribution in [0.1, 0.15) is 5.82 Å². The van der Waals surface area contributed by atoms with Crippen LogP contribution in [-0.2, 0) is 6.18 Å². The van der Waals surface area contributed by atoms with Crippen molar-refractivity contribution in [1.82, 2.24) is 9.97 Å². The third-order valence-electron chi connectivity index (χ3n) is 2.32. The fourth-order valence-electron chi connectivity index (χ4n) is 1.40. The van der Waals surface area contributed by atoms with Crippen molar-refractivity contribution in [2.45, 2.75) is 6.18 Å². The summed E-state index contributed by atoms with van der Waals surface area (Å²) in [5, 5.41) is 2.76. The van der Waals surface area contributed by atoms with Crippen LogP contribution in [0.4, 0.5) is 19.0 Å². The molecular formula is C12H8BrClF3N3O. The van der Waals surface area contributed by atoms with Crippen molar-refractivity contribution in [3.8, 4) is 11.6 Å². The van der Waals surface area contributed by atoms with Gasteiger partial charge in [0.1, 0.15) is 11.6 Å². The lowest BCUT2D eigenvalue weighted by Gasteiger charge is -2.11. The van der Waals surface area contributed by atoms with Gasteiger partial charge >= 0.3 is 6.18 Å². The summed E-state index contributed by atoms with van der Waals surface area (Å²) in [4.78, 5) is 6.68. The molecule has 4 nitrogen and oxygen atoms in total. The molecule has 2 rings (SSSR count). The minimum Gasteiger partial charge on any atom is -0.437 e. The molecule has 2 aromatic rings. The summed E-state index contributed by atoms with van der Waals surface area (Å²) in [6.07, 6.45) is -4.67. The monoisotopic (exact) mass is 381 g/mol. The highest BCUT2D eigenvalue weighted by atomic mass is 79.9. The molecule has 0 aliphatic carbocycles. The van der Waals surface area contributed by atoms with Crippen molar-refractivity contribution in [1.29, 1.82) is 0 Å². The van der Waals surface area contributed by atoms with Gasteiger partial charge in [0.05, 0.1) is 5.02 Å². The maximum Gasteiger partial charge on any atom is 0.451 e. The first kappa shape index (κ1) is 15.8. The first-order chi connectivity index (χ1) is 9.79. The van der Waals surface area contributed by atoms with Crippen LogP contribution >= 0.6 is 27.5 Å². The smallest absolute Gasteiger partial charge is 0.437 e. The van der Waals surface area contributed by atoms with E-state index >= 15 is 0 Å². The molecule has 0 saturated heterocycles. The quantitative estimate of drug-likeness (QED) is 0.832. The fraction of sp³-hybridized carbons (Fsp3) is 0.167. The molecule has 0 saturated carbocycles. The highest BCUT2D eigenvalue weighted by Crippen LogP contribution is 2.33. The Labute approximate surface area is 131 Å². The Morgan fingerprint density at radius 2 is 1.95 bits per heavy atom. The molecule has 0 spiro atoms. The Kier molecular flexibility index (Phi) is 4.58. The Hall–Kier alpha value is -1.54. The zero-order chi connectivity index (χ0) is 15.6. The summed E-state index contributed by atoms with van der Waals surface area (Å²) in [6.45, 7) is 0. The van der Waals surface area contributed by atoms with Crippen molar-refractivity contribution < 1.29 is 17.9 Å². The zero-order valence-electron chi connectivity index (χ0n) is 10.5. The summed E-state index contributed by atoms with van der Waals surface area (Å²) in [6, 6.07) is 5.96. The number of ether oxygens (including phenoxy) is 1. The third-order valence-corrected chi connectivity index (χ3v) is 3.11. The molecule has 1 aromatic carbocycles. The summed E-state index contributed by atoms with van der Waals surface area (Å²) < 4.78 is 44.2. The second-order valence-electron chi connectivity index (χ2n) is 3.84. The highest BCUT2D eigenvalue weighted by Gasteiger charge is 2.35. The number of nitrogens with one attached hydrogen (secondary N) is 1. The molecule has 0 aliphatic rings. The Balaban J connectivity index is 2.39. The fourth-order valence-corrected chi connectivity index (χ4v) is 2.11. The van der Waals surface area contributed by atoms with Crippen LogP contribution < -0.4 is 10.1 Å². The molecular weight excluding hydrogens is 375 g/mol. The van der Waals surface area contributed by atoms with Crippen molar-refractivity contribution in [3.63, 3.8) is 0 Å². The summed E-state index contributed by atoms with van der Waals surface area (Å²) in [5.41, 5.74) is 0. The first-order valence-electron chi connectivity index (χ1n) is 5.56. The van der Waals surface area contributed by atoms with E-state index < -0.39 is 12.0 Å². The zero-order valence-corrected chi connectivity index (χ0v) is 12.8. The van der Waals surface area contributed by atoms with E-state index in [0.29, 0.717) is 0 Å². The maximum absolute atomic E-state index is 12.7. The standard InChI is InChI=1S/C12H8BrClF3N3O/c1-18-9-5-10(20-11(19-9)12(15,16)17)21-8-3-2-6(13)4-7(8)14/h2-5H,1H3,(H,18,19,20). The van der Waals surface area contributed by atoms with Gasteiger partial charge in [0.15, 0.2) is 0 Å². The van der Waals surface area contributed by atoms with Gasteiger partial charge in [-0.3, -0.25) is 0 Å². The number of aromatic nitrogens is 2. The van der Waals surface area contributed by atoms with E-state index in [9.17, 15) is 13.2 Å². The topological polar surface area (TPSA) is 47.0 Å². The van der Waals surface area contributed by atoms with E-state index in [0.717, 1.165) is 4.47 Å². The molecule has 0 atom stereocenters. The lowest BCUT2D eigenvalue weighted by atomic mass is 10.3. The molecule has 1 aromatic heterocycles. The van der Waals surface area contributed by atoms with Gasteiger partial charge in [-0.25, -0.2) is 4.98 Å². The molecule has 0 radical (unpaired) electrons. The highest BCUT2D eigenvalue weighted by molar-refractivity contribution is 9.10. The summed E-state index contributed by atoms with van der Waals surface area (Å²) in [5.74, 6) is -1.38. The number of hydrogen-bond acceptors (Lipinski definition) is 4. The van der Waals surface area contributed by atoms with Crippen LogP contribution in [0.5, 0.6) is 11.6 Å². The van der Waals surface area contributed by atoms with Crippen molar-refractivity contribution >= 4 is 33.3 Å². The molecule has 0 amide bonds. The third kappa shape index (κ3) is 3.98. The maximum atomic E-state index is 12.7.